The molecule has 3 rings (SSSR count). The van der Waals surface area contributed by atoms with Crippen LogP contribution in [0.1, 0.15) is 15.9 Å². The van der Waals surface area contributed by atoms with E-state index in [4.69, 9.17) is 34.8 Å². The van der Waals surface area contributed by atoms with Crippen LogP contribution in [0, 0.1) is 10.1 Å². The van der Waals surface area contributed by atoms with Crippen molar-refractivity contribution in [3.05, 3.63) is 73.1 Å². The Bertz CT molecular complexity index is 1240. The summed E-state index contributed by atoms with van der Waals surface area (Å²) in [5.74, 6) is -1.98. The highest BCUT2D eigenvalue weighted by molar-refractivity contribution is 6.36. The SMILES string of the molecule is O=C(NNc1ncnc(Nc2ncc(C(F)(F)F)cc2Cl)c1[N+](=O)[O-])c1ccc(Cl)cc1Cl. The number of hydrogen-bond donors (Lipinski definition) is 3. The van der Waals surface area contributed by atoms with E-state index in [9.17, 15) is 28.1 Å². The molecule has 0 saturated heterocycles. The highest BCUT2D eigenvalue weighted by atomic mass is 35.5. The molecule has 10 nitrogen and oxygen atoms in total. The summed E-state index contributed by atoms with van der Waals surface area (Å²) >= 11 is 17.5. The molecular formula is C17H9Cl3F3N7O3. The second-order valence-corrected chi connectivity index (χ2v) is 7.31. The van der Waals surface area contributed by atoms with Crippen LogP contribution in [-0.2, 0) is 6.18 Å². The highest BCUT2D eigenvalue weighted by Crippen LogP contribution is 2.35. The number of aromatic nitrogens is 3. The minimum Gasteiger partial charge on any atom is -0.318 e. The van der Waals surface area contributed by atoms with Crippen molar-refractivity contribution in [2.45, 2.75) is 6.18 Å². The van der Waals surface area contributed by atoms with Crippen molar-refractivity contribution in [2.75, 3.05) is 10.7 Å². The van der Waals surface area contributed by atoms with Gasteiger partial charge >= 0.3 is 11.9 Å². The minimum atomic E-state index is -4.68. The minimum absolute atomic E-state index is 0.0179. The van der Waals surface area contributed by atoms with Crippen LogP contribution < -0.4 is 16.2 Å². The van der Waals surface area contributed by atoms with E-state index in [-0.39, 0.29) is 16.4 Å². The van der Waals surface area contributed by atoms with Gasteiger partial charge in [-0.05, 0) is 24.3 Å². The van der Waals surface area contributed by atoms with Gasteiger partial charge in [-0.1, -0.05) is 34.8 Å². The van der Waals surface area contributed by atoms with Gasteiger partial charge in [0.15, 0.2) is 5.82 Å². The monoisotopic (exact) mass is 521 g/mol. The first-order valence-corrected chi connectivity index (χ1v) is 9.61. The fourth-order valence-corrected chi connectivity index (χ4v) is 3.10. The summed E-state index contributed by atoms with van der Waals surface area (Å²) in [6.45, 7) is 0. The first-order chi connectivity index (χ1) is 15.5. The number of anilines is 3. The Morgan fingerprint density at radius 3 is 2.30 bits per heavy atom. The smallest absolute Gasteiger partial charge is 0.318 e. The molecule has 3 aromatic rings. The molecule has 0 radical (unpaired) electrons. The molecule has 1 amide bonds. The molecular weight excluding hydrogens is 514 g/mol. The molecule has 172 valence electrons. The van der Waals surface area contributed by atoms with E-state index in [0.29, 0.717) is 17.3 Å². The number of halogens is 6. The number of nitro groups is 1. The first-order valence-electron chi connectivity index (χ1n) is 8.48. The van der Waals surface area contributed by atoms with Gasteiger partial charge in [-0.2, -0.15) is 13.2 Å². The number of rotatable bonds is 6. The van der Waals surface area contributed by atoms with Gasteiger partial charge in [-0.3, -0.25) is 25.8 Å². The lowest BCUT2D eigenvalue weighted by atomic mass is 10.2. The summed E-state index contributed by atoms with van der Waals surface area (Å²) in [7, 11) is 0. The normalized spacial score (nSPS) is 11.1. The maximum Gasteiger partial charge on any atom is 0.417 e. The van der Waals surface area contributed by atoms with Gasteiger partial charge in [0.1, 0.15) is 6.33 Å². The molecule has 2 aromatic heterocycles. The molecule has 2 heterocycles. The van der Waals surface area contributed by atoms with Crippen molar-refractivity contribution in [3.8, 4) is 0 Å². The molecule has 0 spiro atoms. The third-order valence-corrected chi connectivity index (χ3v) is 4.72. The Kier molecular flexibility index (Phi) is 7.05. The number of pyridine rings is 1. The zero-order chi connectivity index (χ0) is 24.3. The molecule has 1 aromatic carbocycles. The summed E-state index contributed by atoms with van der Waals surface area (Å²) in [5, 5.41) is 13.9. The predicted octanol–water partition coefficient (Wildman–Crippen LogP) is 5.26. The lowest BCUT2D eigenvalue weighted by molar-refractivity contribution is -0.383. The Balaban J connectivity index is 1.86. The average molecular weight is 523 g/mol. The molecule has 3 N–H and O–H groups in total. The van der Waals surface area contributed by atoms with Gasteiger partial charge in [-0.25, -0.2) is 15.0 Å². The Labute approximate surface area is 197 Å². The summed E-state index contributed by atoms with van der Waals surface area (Å²) < 4.78 is 38.3. The summed E-state index contributed by atoms with van der Waals surface area (Å²) in [5.41, 5.74) is 2.63. The van der Waals surface area contributed by atoms with Gasteiger partial charge in [0.05, 0.1) is 26.1 Å². The standard InChI is InChI=1S/C17H9Cl3F3N7O3/c18-8-1-2-9(10(19)4-8)16(31)29-28-15-12(30(32)33)14(25-6-26-15)27-13-11(20)3-7(5-24-13)17(21,22)23/h1-6H,(H,29,31)(H2,24,25,26,27,28). The number of carbonyl (C=O) groups excluding carboxylic acids is 1. The quantitative estimate of drug-likeness (QED) is 0.295. The Hall–Kier alpha value is -3.42. The topological polar surface area (TPSA) is 135 Å². The van der Waals surface area contributed by atoms with Crippen LogP contribution in [0.15, 0.2) is 36.8 Å². The highest BCUT2D eigenvalue weighted by Gasteiger charge is 2.32. The molecule has 0 fully saturated rings. The lowest BCUT2D eigenvalue weighted by Crippen LogP contribution is -2.30. The molecule has 33 heavy (non-hydrogen) atoms. The fourth-order valence-electron chi connectivity index (χ4n) is 2.39. The van der Waals surface area contributed by atoms with Crippen LogP contribution in [0.5, 0.6) is 0 Å². The molecule has 0 saturated carbocycles. The molecule has 0 unspecified atom stereocenters. The molecule has 0 atom stereocenters. The van der Waals surface area contributed by atoms with Crippen LogP contribution in [0.4, 0.5) is 36.3 Å². The van der Waals surface area contributed by atoms with Gasteiger partial charge in [0, 0.05) is 11.2 Å². The summed E-state index contributed by atoms with van der Waals surface area (Å²) in [6.07, 6.45) is -3.29. The van der Waals surface area contributed by atoms with Gasteiger partial charge in [0.25, 0.3) is 5.91 Å². The maximum atomic E-state index is 12.8. The van der Waals surface area contributed by atoms with E-state index < -0.39 is 44.9 Å². The third kappa shape index (κ3) is 5.69. The number of nitrogens with one attached hydrogen (secondary N) is 3. The molecule has 0 aliphatic rings. The Morgan fingerprint density at radius 2 is 1.70 bits per heavy atom. The van der Waals surface area contributed by atoms with E-state index in [1.165, 1.54) is 18.2 Å². The number of amides is 1. The average Bonchev–Trinajstić information content (AvgIpc) is 2.72. The van der Waals surface area contributed by atoms with E-state index in [1.807, 2.05) is 0 Å². The van der Waals surface area contributed by atoms with E-state index in [1.54, 1.807) is 0 Å². The van der Waals surface area contributed by atoms with Crippen molar-refractivity contribution in [3.63, 3.8) is 0 Å². The zero-order valence-electron chi connectivity index (χ0n) is 15.7. The van der Waals surface area contributed by atoms with Crippen LogP contribution in [0.25, 0.3) is 0 Å². The number of carbonyl (C=O) groups is 1. The van der Waals surface area contributed by atoms with Crippen molar-refractivity contribution >= 4 is 63.9 Å². The number of hydrogen-bond acceptors (Lipinski definition) is 8. The lowest BCUT2D eigenvalue weighted by Gasteiger charge is -2.12. The van der Waals surface area contributed by atoms with Crippen LogP contribution in [0.3, 0.4) is 0 Å². The third-order valence-electron chi connectivity index (χ3n) is 3.88. The Morgan fingerprint density at radius 1 is 1.00 bits per heavy atom. The van der Waals surface area contributed by atoms with Gasteiger partial charge in [-0.15, -0.1) is 0 Å². The number of benzene rings is 1. The number of alkyl halides is 3. The molecule has 0 bridgehead atoms. The number of hydrazine groups is 1. The van der Waals surface area contributed by atoms with Crippen molar-refractivity contribution < 1.29 is 22.9 Å². The molecule has 16 heteroatoms. The predicted molar refractivity (Wildman–Crippen MR) is 114 cm³/mol. The van der Waals surface area contributed by atoms with Crippen LogP contribution >= 0.6 is 34.8 Å². The summed E-state index contributed by atoms with van der Waals surface area (Å²) in [6, 6.07) is 4.67. The van der Waals surface area contributed by atoms with Gasteiger partial charge < -0.3 is 5.32 Å². The second-order valence-electron chi connectivity index (χ2n) is 6.06. The van der Waals surface area contributed by atoms with Crippen molar-refractivity contribution in [2.24, 2.45) is 0 Å². The summed E-state index contributed by atoms with van der Waals surface area (Å²) in [4.78, 5) is 34.0. The van der Waals surface area contributed by atoms with Gasteiger partial charge in [0.2, 0.25) is 11.6 Å². The first kappa shape index (κ1) is 24.2. The van der Waals surface area contributed by atoms with Crippen LogP contribution in [-0.4, -0.2) is 25.8 Å². The fraction of sp³-hybridized carbons (Fsp3) is 0.0588. The van der Waals surface area contributed by atoms with E-state index in [2.05, 4.69) is 31.1 Å². The molecule has 0 aliphatic carbocycles. The number of nitrogens with zero attached hydrogens (tertiary/aromatic N) is 4. The van der Waals surface area contributed by atoms with Crippen molar-refractivity contribution in [1.29, 1.82) is 0 Å². The molecule has 0 aliphatic heterocycles. The second kappa shape index (κ2) is 9.60. The van der Waals surface area contributed by atoms with E-state index in [0.717, 1.165) is 6.33 Å². The van der Waals surface area contributed by atoms with Crippen LogP contribution in [0.2, 0.25) is 15.1 Å². The largest absolute Gasteiger partial charge is 0.417 e. The van der Waals surface area contributed by atoms with E-state index >= 15 is 0 Å². The van der Waals surface area contributed by atoms with Crippen molar-refractivity contribution in [1.82, 2.24) is 20.4 Å². The zero-order valence-corrected chi connectivity index (χ0v) is 18.0. The maximum absolute atomic E-state index is 12.8.